The standard InChI is InChI=1S/C26H30N2O8S/c1-18(29)25(27-26(31)36-21-13-14-34-17-21)28(16-19-7-3-2-4-8-19)37(32,33)22-11-12-23(30)24(15-22)35-20-9-5-6-10-20/h2-4,7-8,11-15,17-18,20,25,29-30H,5-6,9-10,16H2,1H3,(H,27,31)/t18-,25+/m1/s1. The van der Waals surface area contributed by atoms with Crippen LogP contribution in [0.2, 0.25) is 0 Å². The summed E-state index contributed by atoms with van der Waals surface area (Å²) in [5.74, 6) is 0.00876. The lowest BCUT2D eigenvalue weighted by molar-refractivity contribution is 0.0798. The molecule has 2 atom stereocenters. The predicted octanol–water partition coefficient (Wildman–Crippen LogP) is 3.99. The van der Waals surface area contributed by atoms with Gasteiger partial charge in [0.15, 0.2) is 17.2 Å². The van der Waals surface area contributed by atoms with Gasteiger partial charge in [-0.25, -0.2) is 13.2 Å². The summed E-state index contributed by atoms with van der Waals surface area (Å²) in [4.78, 5) is 12.4. The molecule has 1 aliphatic rings. The molecule has 4 rings (SSSR count). The number of carbonyl (C=O) groups excluding carboxylic acids is 1. The van der Waals surface area contributed by atoms with E-state index in [0.717, 1.165) is 30.0 Å². The quantitative estimate of drug-likeness (QED) is 0.335. The van der Waals surface area contributed by atoms with Crippen LogP contribution < -0.4 is 14.8 Å². The fraction of sp³-hybridized carbons (Fsp3) is 0.346. The lowest BCUT2D eigenvalue weighted by Gasteiger charge is -2.33. The lowest BCUT2D eigenvalue weighted by Crippen LogP contribution is -2.56. The number of nitrogens with zero attached hydrogens (tertiary/aromatic N) is 1. The maximum absolute atomic E-state index is 14.0. The van der Waals surface area contributed by atoms with Gasteiger partial charge in [0.05, 0.1) is 23.4 Å². The van der Waals surface area contributed by atoms with Crippen LogP contribution in [0, 0.1) is 0 Å². The summed E-state index contributed by atoms with van der Waals surface area (Å²) >= 11 is 0. The fourth-order valence-corrected chi connectivity index (χ4v) is 5.78. The van der Waals surface area contributed by atoms with Crippen molar-refractivity contribution >= 4 is 16.1 Å². The highest BCUT2D eigenvalue weighted by Crippen LogP contribution is 2.34. The fourth-order valence-electron chi connectivity index (χ4n) is 4.17. The maximum Gasteiger partial charge on any atom is 0.414 e. The summed E-state index contributed by atoms with van der Waals surface area (Å²) in [5, 5.41) is 23.3. The van der Waals surface area contributed by atoms with Crippen molar-refractivity contribution in [1.82, 2.24) is 9.62 Å². The number of sulfonamides is 1. The molecule has 2 aromatic carbocycles. The first-order valence-electron chi connectivity index (χ1n) is 12.0. The summed E-state index contributed by atoms with van der Waals surface area (Å²) in [6, 6.07) is 14.0. The van der Waals surface area contributed by atoms with Crippen LogP contribution >= 0.6 is 0 Å². The lowest BCUT2D eigenvalue weighted by atomic mass is 10.2. The van der Waals surface area contributed by atoms with E-state index >= 15 is 0 Å². The van der Waals surface area contributed by atoms with Gasteiger partial charge in [0, 0.05) is 18.7 Å². The topological polar surface area (TPSA) is 139 Å². The van der Waals surface area contributed by atoms with Crippen LogP contribution in [0.1, 0.15) is 38.2 Å². The van der Waals surface area contributed by atoms with Gasteiger partial charge in [0.1, 0.15) is 12.4 Å². The third-order valence-corrected chi connectivity index (χ3v) is 7.88. The Bertz CT molecular complexity index is 1270. The van der Waals surface area contributed by atoms with Crippen molar-refractivity contribution in [1.29, 1.82) is 0 Å². The van der Waals surface area contributed by atoms with Gasteiger partial charge in [-0.1, -0.05) is 30.3 Å². The largest absolute Gasteiger partial charge is 0.504 e. The summed E-state index contributed by atoms with van der Waals surface area (Å²) in [7, 11) is -4.33. The molecule has 11 heteroatoms. The van der Waals surface area contributed by atoms with E-state index < -0.39 is 28.4 Å². The van der Waals surface area contributed by atoms with E-state index in [4.69, 9.17) is 13.9 Å². The van der Waals surface area contributed by atoms with Gasteiger partial charge in [-0.15, -0.1) is 0 Å². The van der Waals surface area contributed by atoms with Crippen molar-refractivity contribution < 1.29 is 37.3 Å². The molecule has 0 spiro atoms. The number of hydrogen-bond donors (Lipinski definition) is 3. The SMILES string of the molecule is C[C@@H](O)[C@@H](NC(=O)Oc1ccoc1)N(Cc1ccccc1)S(=O)(=O)c1ccc(O)c(OC2CCCC2)c1. The molecule has 3 aromatic rings. The van der Waals surface area contributed by atoms with Crippen molar-refractivity contribution in [2.24, 2.45) is 0 Å². The van der Waals surface area contributed by atoms with Gasteiger partial charge in [0.25, 0.3) is 0 Å². The normalized spacial score (nSPS) is 15.9. The third-order valence-electron chi connectivity index (χ3n) is 6.05. The van der Waals surface area contributed by atoms with Crippen molar-refractivity contribution in [3.8, 4) is 17.2 Å². The Labute approximate surface area is 215 Å². The number of hydrogen-bond acceptors (Lipinski definition) is 8. The highest BCUT2D eigenvalue weighted by molar-refractivity contribution is 7.89. The van der Waals surface area contributed by atoms with E-state index in [1.54, 1.807) is 30.3 Å². The number of benzene rings is 2. The Hall–Kier alpha value is -3.54. The second-order valence-electron chi connectivity index (χ2n) is 8.87. The number of phenols is 1. The summed E-state index contributed by atoms with van der Waals surface area (Å²) < 4.78 is 44.8. The number of carbonyl (C=O) groups is 1. The summed E-state index contributed by atoms with van der Waals surface area (Å²) in [6.07, 6.45) is 2.39. The molecule has 198 valence electrons. The van der Waals surface area contributed by atoms with Crippen LogP contribution in [-0.4, -0.2) is 47.4 Å². The van der Waals surface area contributed by atoms with Gasteiger partial charge in [-0.3, -0.25) is 0 Å². The van der Waals surface area contributed by atoms with Gasteiger partial charge in [-0.2, -0.15) is 4.31 Å². The average Bonchev–Trinajstić information content (AvgIpc) is 3.57. The molecule has 1 aliphatic carbocycles. The number of ether oxygens (including phenoxy) is 2. The van der Waals surface area contributed by atoms with Gasteiger partial charge >= 0.3 is 6.09 Å². The zero-order valence-corrected chi connectivity index (χ0v) is 21.1. The molecule has 1 saturated carbocycles. The first kappa shape index (κ1) is 26.5. The molecule has 1 fully saturated rings. The highest BCUT2D eigenvalue weighted by Gasteiger charge is 2.36. The molecule has 3 N–H and O–H groups in total. The van der Waals surface area contributed by atoms with Crippen LogP contribution in [-0.2, 0) is 16.6 Å². The molecular weight excluding hydrogens is 500 g/mol. The number of aromatic hydroxyl groups is 1. The van der Waals surface area contributed by atoms with Crippen molar-refractivity contribution in [3.63, 3.8) is 0 Å². The zero-order valence-electron chi connectivity index (χ0n) is 20.3. The second kappa shape index (κ2) is 11.7. The van der Waals surface area contributed by atoms with Crippen molar-refractivity contribution in [2.75, 3.05) is 0 Å². The van der Waals surface area contributed by atoms with E-state index in [-0.39, 0.29) is 34.8 Å². The monoisotopic (exact) mass is 530 g/mol. The van der Waals surface area contributed by atoms with Gasteiger partial charge in [0.2, 0.25) is 10.0 Å². The van der Waals surface area contributed by atoms with E-state index in [1.807, 2.05) is 0 Å². The molecular formula is C26H30N2O8S. The second-order valence-corrected chi connectivity index (χ2v) is 10.8. The van der Waals surface area contributed by atoms with Crippen LogP contribution in [0.5, 0.6) is 17.2 Å². The Morgan fingerprint density at radius 1 is 1.16 bits per heavy atom. The summed E-state index contributed by atoms with van der Waals surface area (Å²) in [5.41, 5.74) is 0.628. The number of rotatable bonds is 10. The molecule has 1 aromatic heterocycles. The predicted molar refractivity (Wildman–Crippen MR) is 133 cm³/mol. The minimum Gasteiger partial charge on any atom is -0.504 e. The van der Waals surface area contributed by atoms with Crippen molar-refractivity contribution in [3.05, 3.63) is 72.7 Å². The van der Waals surface area contributed by atoms with Crippen LogP contribution in [0.25, 0.3) is 0 Å². The first-order chi connectivity index (χ1) is 17.7. The molecule has 1 heterocycles. The van der Waals surface area contributed by atoms with Crippen LogP contribution in [0.15, 0.2) is 76.4 Å². The number of aliphatic hydroxyl groups excluding tert-OH is 1. The van der Waals surface area contributed by atoms with Gasteiger partial charge in [-0.05, 0) is 50.3 Å². The Balaban J connectivity index is 1.67. The average molecular weight is 531 g/mol. The number of furan rings is 1. The molecule has 0 unspecified atom stereocenters. The number of nitrogens with one attached hydrogen (secondary N) is 1. The van der Waals surface area contributed by atoms with Crippen LogP contribution in [0.3, 0.4) is 0 Å². The molecule has 0 radical (unpaired) electrons. The minimum atomic E-state index is -4.33. The number of phenolic OH excluding ortho intramolecular Hbond substituents is 1. The smallest absolute Gasteiger partial charge is 0.414 e. The Morgan fingerprint density at radius 2 is 1.89 bits per heavy atom. The van der Waals surface area contributed by atoms with Crippen molar-refractivity contribution in [2.45, 2.75) is 62.4 Å². The van der Waals surface area contributed by atoms with E-state index in [9.17, 15) is 23.4 Å². The van der Waals surface area contributed by atoms with Crippen LogP contribution in [0.4, 0.5) is 4.79 Å². The number of amides is 1. The molecule has 0 bridgehead atoms. The Kier molecular flexibility index (Phi) is 8.37. The minimum absolute atomic E-state index is 0.0635. The zero-order chi connectivity index (χ0) is 26.4. The van der Waals surface area contributed by atoms with E-state index in [1.165, 1.54) is 43.7 Å². The molecule has 0 saturated heterocycles. The van der Waals surface area contributed by atoms with Gasteiger partial charge < -0.3 is 29.4 Å². The first-order valence-corrected chi connectivity index (χ1v) is 13.4. The number of aliphatic hydroxyl groups is 1. The Morgan fingerprint density at radius 3 is 2.54 bits per heavy atom. The molecule has 10 nitrogen and oxygen atoms in total. The van der Waals surface area contributed by atoms with E-state index in [2.05, 4.69) is 5.32 Å². The third kappa shape index (κ3) is 6.62. The highest BCUT2D eigenvalue weighted by atomic mass is 32.2. The maximum atomic E-state index is 14.0. The summed E-state index contributed by atoms with van der Waals surface area (Å²) in [6.45, 7) is 1.20. The molecule has 1 amide bonds. The molecule has 0 aliphatic heterocycles. The van der Waals surface area contributed by atoms with E-state index in [0.29, 0.717) is 5.56 Å². The molecule has 37 heavy (non-hydrogen) atoms.